The van der Waals surface area contributed by atoms with Crippen molar-refractivity contribution in [2.75, 3.05) is 13.1 Å². The van der Waals surface area contributed by atoms with Crippen molar-refractivity contribution in [3.8, 4) is 0 Å². The average molecular weight is 182 g/mol. The Kier molecular flexibility index (Phi) is 2.89. The van der Waals surface area contributed by atoms with Crippen molar-refractivity contribution in [1.82, 2.24) is 4.90 Å². The van der Waals surface area contributed by atoms with Gasteiger partial charge >= 0.3 is 0 Å². The Morgan fingerprint density at radius 1 is 1.31 bits per heavy atom. The van der Waals surface area contributed by atoms with Crippen molar-refractivity contribution >= 4 is 0 Å². The zero-order valence-electron chi connectivity index (χ0n) is 8.71. The molecule has 76 valence electrons. The van der Waals surface area contributed by atoms with Crippen molar-refractivity contribution in [1.29, 1.82) is 0 Å². The number of nitrogens with two attached hydrogens (primary N) is 1. The number of fused-ring (bicyclic) bond motifs is 1. The van der Waals surface area contributed by atoms with Crippen LogP contribution in [-0.2, 0) is 0 Å². The minimum absolute atomic E-state index is 0.347. The normalized spacial score (nSPS) is 37.4. The van der Waals surface area contributed by atoms with E-state index in [0.29, 0.717) is 6.04 Å². The number of piperidine rings is 1. The molecule has 1 aliphatic heterocycles. The maximum absolute atomic E-state index is 5.86. The average Bonchev–Trinajstić information content (AvgIpc) is 2.51. The van der Waals surface area contributed by atoms with Crippen LogP contribution in [0.15, 0.2) is 0 Å². The fourth-order valence-corrected chi connectivity index (χ4v) is 3.15. The highest BCUT2D eigenvalue weighted by atomic mass is 15.2. The zero-order chi connectivity index (χ0) is 9.26. The van der Waals surface area contributed by atoms with Crippen LogP contribution in [0.1, 0.15) is 39.0 Å². The van der Waals surface area contributed by atoms with Crippen LogP contribution in [0.4, 0.5) is 0 Å². The minimum atomic E-state index is 0.347. The van der Waals surface area contributed by atoms with E-state index in [4.69, 9.17) is 5.73 Å². The topological polar surface area (TPSA) is 29.3 Å². The van der Waals surface area contributed by atoms with Gasteiger partial charge in [-0.25, -0.2) is 0 Å². The number of rotatable bonds is 2. The molecule has 0 aromatic heterocycles. The monoisotopic (exact) mass is 182 g/mol. The van der Waals surface area contributed by atoms with Crippen LogP contribution in [0, 0.1) is 5.92 Å². The number of hydrogen-bond acceptors (Lipinski definition) is 2. The molecule has 1 aliphatic carbocycles. The van der Waals surface area contributed by atoms with E-state index < -0.39 is 0 Å². The molecular formula is C11H22N2. The molecule has 2 unspecified atom stereocenters. The van der Waals surface area contributed by atoms with Crippen LogP contribution < -0.4 is 5.73 Å². The van der Waals surface area contributed by atoms with Gasteiger partial charge in [0.15, 0.2) is 0 Å². The fourth-order valence-electron chi connectivity index (χ4n) is 3.15. The molecule has 13 heavy (non-hydrogen) atoms. The molecular weight excluding hydrogens is 160 g/mol. The Hall–Kier alpha value is -0.0800. The summed E-state index contributed by atoms with van der Waals surface area (Å²) in [7, 11) is 0. The van der Waals surface area contributed by atoms with Gasteiger partial charge in [-0.2, -0.15) is 0 Å². The first kappa shape index (κ1) is 9.47. The highest BCUT2D eigenvalue weighted by Gasteiger charge is 2.34. The summed E-state index contributed by atoms with van der Waals surface area (Å²) < 4.78 is 0. The fraction of sp³-hybridized carbons (Fsp3) is 1.00. The molecule has 2 aliphatic rings. The second kappa shape index (κ2) is 3.97. The van der Waals surface area contributed by atoms with E-state index in [9.17, 15) is 0 Å². The molecule has 3 atom stereocenters. The third-order valence-electron chi connectivity index (χ3n) is 3.63. The molecule has 2 N–H and O–H groups in total. The van der Waals surface area contributed by atoms with Crippen LogP contribution in [0.5, 0.6) is 0 Å². The van der Waals surface area contributed by atoms with Crippen LogP contribution in [0.3, 0.4) is 0 Å². The summed E-state index contributed by atoms with van der Waals surface area (Å²) in [4.78, 5) is 2.64. The Morgan fingerprint density at radius 3 is 2.85 bits per heavy atom. The van der Waals surface area contributed by atoms with Crippen LogP contribution >= 0.6 is 0 Å². The molecule has 0 amide bonds. The van der Waals surface area contributed by atoms with Gasteiger partial charge < -0.3 is 5.73 Å². The molecule has 2 fully saturated rings. The van der Waals surface area contributed by atoms with Gasteiger partial charge in [0, 0.05) is 18.6 Å². The predicted molar refractivity (Wildman–Crippen MR) is 55.6 cm³/mol. The van der Waals surface area contributed by atoms with Crippen LogP contribution in [-0.4, -0.2) is 30.1 Å². The molecule has 2 rings (SSSR count). The lowest BCUT2D eigenvalue weighted by atomic mass is 9.92. The second-order valence-electron chi connectivity index (χ2n) is 4.87. The molecule has 1 saturated carbocycles. The molecule has 0 aromatic rings. The lowest BCUT2D eigenvalue weighted by Gasteiger charge is -2.38. The molecule has 2 nitrogen and oxygen atoms in total. The van der Waals surface area contributed by atoms with Crippen molar-refractivity contribution in [3.63, 3.8) is 0 Å². The SMILES string of the molecule is C[C@H](N)CN1CCCC2CCCC21. The van der Waals surface area contributed by atoms with Crippen LogP contribution in [0.25, 0.3) is 0 Å². The predicted octanol–water partition coefficient (Wildman–Crippen LogP) is 1.60. The van der Waals surface area contributed by atoms with E-state index in [2.05, 4.69) is 11.8 Å². The largest absolute Gasteiger partial charge is 0.327 e. The molecule has 1 saturated heterocycles. The van der Waals surface area contributed by atoms with Crippen molar-refractivity contribution in [3.05, 3.63) is 0 Å². The Morgan fingerprint density at radius 2 is 2.08 bits per heavy atom. The zero-order valence-corrected chi connectivity index (χ0v) is 8.71. The minimum Gasteiger partial charge on any atom is -0.327 e. The first-order valence-electron chi connectivity index (χ1n) is 5.77. The van der Waals surface area contributed by atoms with Gasteiger partial charge in [-0.15, -0.1) is 0 Å². The van der Waals surface area contributed by atoms with E-state index in [-0.39, 0.29) is 0 Å². The van der Waals surface area contributed by atoms with Gasteiger partial charge in [-0.05, 0) is 45.1 Å². The first-order chi connectivity index (χ1) is 6.27. The van der Waals surface area contributed by atoms with E-state index in [1.54, 1.807) is 0 Å². The van der Waals surface area contributed by atoms with E-state index >= 15 is 0 Å². The van der Waals surface area contributed by atoms with Crippen molar-refractivity contribution in [2.45, 2.75) is 51.1 Å². The lowest BCUT2D eigenvalue weighted by molar-refractivity contribution is 0.108. The molecule has 0 spiro atoms. The summed E-state index contributed by atoms with van der Waals surface area (Å²) in [6.07, 6.45) is 7.22. The van der Waals surface area contributed by atoms with E-state index in [0.717, 1.165) is 18.5 Å². The summed E-state index contributed by atoms with van der Waals surface area (Å²) in [5, 5.41) is 0. The van der Waals surface area contributed by atoms with E-state index in [1.807, 2.05) is 0 Å². The number of nitrogens with zero attached hydrogens (tertiary/aromatic N) is 1. The first-order valence-corrected chi connectivity index (χ1v) is 5.77. The second-order valence-corrected chi connectivity index (χ2v) is 4.87. The Bertz CT molecular complexity index is 167. The number of likely N-dealkylation sites (tertiary alicyclic amines) is 1. The summed E-state index contributed by atoms with van der Waals surface area (Å²) in [6, 6.07) is 1.24. The van der Waals surface area contributed by atoms with Gasteiger partial charge in [-0.3, -0.25) is 4.90 Å². The third kappa shape index (κ3) is 2.05. The quantitative estimate of drug-likeness (QED) is 0.703. The lowest BCUT2D eigenvalue weighted by Crippen LogP contribution is -2.47. The van der Waals surface area contributed by atoms with Crippen molar-refractivity contribution < 1.29 is 0 Å². The summed E-state index contributed by atoms with van der Waals surface area (Å²) in [5.74, 6) is 1.01. The summed E-state index contributed by atoms with van der Waals surface area (Å²) in [6.45, 7) is 4.53. The highest BCUT2D eigenvalue weighted by Crippen LogP contribution is 2.36. The standard InChI is InChI=1S/C11H22N2/c1-9(12)8-13-7-3-5-10-4-2-6-11(10)13/h9-11H,2-8,12H2,1H3/t9-,10?,11?/m0/s1. The van der Waals surface area contributed by atoms with E-state index in [1.165, 1.54) is 38.6 Å². The van der Waals surface area contributed by atoms with Crippen molar-refractivity contribution in [2.24, 2.45) is 11.7 Å². The van der Waals surface area contributed by atoms with Gasteiger partial charge in [0.1, 0.15) is 0 Å². The van der Waals surface area contributed by atoms with Gasteiger partial charge in [0.25, 0.3) is 0 Å². The molecule has 0 bridgehead atoms. The number of hydrogen-bond donors (Lipinski definition) is 1. The maximum Gasteiger partial charge on any atom is 0.0139 e. The highest BCUT2D eigenvalue weighted by molar-refractivity contribution is 4.89. The molecule has 2 heteroatoms. The Labute approximate surface area is 81.5 Å². The summed E-state index contributed by atoms with van der Waals surface area (Å²) >= 11 is 0. The third-order valence-corrected chi connectivity index (χ3v) is 3.63. The maximum atomic E-state index is 5.86. The van der Waals surface area contributed by atoms with Gasteiger partial charge in [-0.1, -0.05) is 6.42 Å². The molecule has 0 aromatic carbocycles. The van der Waals surface area contributed by atoms with Crippen LogP contribution in [0.2, 0.25) is 0 Å². The molecule has 1 heterocycles. The molecule has 0 radical (unpaired) electrons. The smallest absolute Gasteiger partial charge is 0.0139 e. The van der Waals surface area contributed by atoms with Gasteiger partial charge in [0.2, 0.25) is 0 Å². The Balaban J connectivity index is 1.93. The summed E-state index contributed by atoms with van der Waals surface area (Å²) in [5.41, 5.74) is 5.86. The van der Waals surface area contributed by atoms with Gasteiger partial charge in [0.05, 0.1) is 0 Å².